The number of benzene rings is 1. The van der Waals surface area contributed by atoms with Gasteiger partial charge in [0.15, 0.2) is 0 Å². The van der Waals surface area contributed by atoms with Gasteiger partial charge in [-0.05, 0) is 50.1 Å². The van der Waals surface area contributed by atoms with Gasteiger partial charge < -0.3 is 14.7 Å². The molecule has 2 heterocycles. The number of likely N-dealkylation sites (N-methyl/N-ethyl adjacent to an activating group) is 2. The first-order valence-electron chi connectivity index (χ1n) is 12.7. The topological polar surface area (TPSA) is 64.2 Å². The molecule has 1 aliphatic carbocycles. The van der Waals surface area contributed by atoms with Crippen molar-refractivity contribution in [1.82, 2.24) is 14.7 Å². The van der Waals surface area contributed by atoms with Gasteiger partial charge in [-0.25, -0.2) is 4.39 Å². The molecule has 2 aliphatic heterocycles. The first-order chi connectivity index (χ1) is 17.3. The minimum absolute atomic E-state index is 0.0666. The Morgan fingerprint density at radius 1 is 1.14 bits per heavy atom. The van der Waals surface area contributed by atoms with Crippen LogP contribution >= 0.6 is 11.6 Å². The molecule has 0 spiro atoms. The summed E-state index contributed by atoms with van der Waals surface area (Å²) in [6, 6.07) is 3.45. The van der Waals surface area contributed by atoms with E-state index in [4.69, 9.17) is 11.6 Å². The Balaban J connectivity index is 1.52. The number of halogens is 2. The van der Waals surface area contributed by atoms with Crippen LogP contribution in [0.4, 0.5) is 10.1 Å². The summed E-state index contributed by atoms with van der Waals surface area (Å²) in [5.74, 6) is -1.89. The molecule has 1 fully saturated rings. The number of amides is 2. The Morgan fingerprint density at radius 3 is 2.46 bits per heavy atom. The number of fused-ring (bicyclic) bond motifs is 1. The van der Waals surface area contributed by atoms with E-state index >= 15 is 0 Å². The third kappa shape index (κ3) is 5.46. The first kappa shape index (κ1) is 27.3. The minimum Gasteiger partial charge on any atom is -0.373 e. The van der Waals surface area contributed by atoms with Gasteiger partial charge in [-0.3, -0.25) is 19.3 Å². The number of Topliss-reactive ketones (excluding diaryl/α,β-unsaturated/α-hetero) is 1. The second-order valence-electron chi connectivity index (χ2n) is 11.1. The van der Waals surface area contributed by atoms with E-state index in [2.05, 4.69) is 11.8 Å². The van der Waals surface area contributed by atoms with Crippen LogP contribution in [0.25, 0.3) is 0 Å². The quantitative estimate of drug-likeness (QED) is 0.543. The standard InChI is InChI=1S/C28H36ClFN4O3/c1-17-14-34(18(2)13-33(17)15-19-7-9-28(3,30)10-8-19)26(36)21-11-20-22(25(35)27(37)31(4)5)16-32(6)24(20)12-23(21)29/h7-9,11-12,17-18,22H,10,13-16H2,1-6H3/t17-,18+,22?,28?/m0/s1. The van der Waals surface area contributed by atoms with E-state index in [9.17, 15) is 18.8 Å². The zero-order chi connectivity index (χ0) is 27.2. The maximum atomic E-state index is 14.1. The fourth-order valence-electron chi connectivity index (χ4n) is 5.37. The average Bonchev–Trinajstić information content (AvgIpc) is 3.15. The highest BCUT2D eigenvalue weighted by atomic mass is 35.5. The Bertz CT molecular complexity index is 1180. The van der Waals surface area contributed by atoms with Crippen LogP contribution in [-0.2, 0) is 9.59 Å². The van der Waals surface area contributed by atoms with Gasteiger partial charge in [0.05, 0.1) is 16.5 Å². The third-order valence-electron chi connectivity index (χ3n) is 7.69. The average molecular weight is 531 g/mol. The van der Waals surface area contributed by atoms with Crippen LogP contribution in [0, 0.1) is 0 Å². The van der Waals surface area contributed by atoms with Crippen molar-refractivity contribution in [3.63, 3.8) is 0 Å². The lowest BCUT2D eigenvalue weighted by Crippen LogP contribution is -2.58. The molecule has 4 rings (SSSR count). The van der Waals surface area contributed by atoms with Crippen LogP contribution < -0.4 is 4.90 Å². The van der Waals surface area contributed by atoms with Gasteiger partial charge >= 0.3 is 0 Å². The lowest BCUT2D eigenvalue weighted by atomic mass is 9.93. The van der Waals surface area contributed by atoms with Crippen molar-refractivity contribution in [2.75, 3.05) is 52.2 Å². The van der Waals surface area contributed by atoms with Crippen molar-refractivity contribution in [1.29, 1.82) is 0 Å². The molecule has 1 aromatic carbocycles. The number of anilines is 1. The molecule has 7 nitrogen and oxygen atoms in total. The molecule has 0 aromatic heterocycles. The third-order valence-corrected chi connectivity index (χ3v) is 8.01. The largest absolute Gasteiger partial charge is 0.373 e. The molecule has 2 amide bonds. The van der Waals surface area contributed by atoms with Crippen molar-refractivity contribution in [3.8, 4) is 0 Å². The number of carbonyl (C=O) groups is 3. The predicted molar refractivity (Wildman–Crippen MR) is 144 cm³/mol. The highest BCUT2D eigenvalue weighted by Crippen LogP contribution is 2.40. The number of rotatable bonds is 5. The van der Waals surface area contributed by atoms with Crippen molar-refractivity contribution >= 4 is 34.9 Å². The van der Waals surface area contributed by atoms with Crippen LogP contribution in [0.1, 0.15) is 49.0 Å². The first-order valence-corrected chi connectivity index (χ1v) is 13.1. The van der Waals surface area contributed by atoms with Gasteiger partial charge in [0.25, 0.3) is 11.8 Å². The molecule has 1 saturated heterocycles. The summed E-state index contributed by atoms with van der Waals surface area (Å²) in [6.07, 6.45) is 5.80. The summed E-state index contributed by atoms with van der Waals surface area (Å²) >= 11 is 6.60. The van der Waals surface area contributed by atoms with E-state index in [-0.39, 0.29) is 18.0 Å². The van der Waals surface area contributed by atoms with Crippen molar-refractivity contribution < 1.29 is 18.8 Å². The van der Waals surface area contributed by atoms with Gasteiger partial charge in [0, 0.05) is 71.5 Å². The van der Waals surface area contributed by atoms with Gasteiger partial charge in [0.2, 0.25) is 5.78 Å². The lowest BCUT2D eigenvalue weighted by molar-refractivity contribution is -0.143. The molecule has 9 heteroatoms. The van der Waals surface area contributed by atoms with E-state index in [1.807, 2.05) is 35.9 Å². The fourth-order valence-corrected chi connectivity index (χ4v) is 5.61. The number of alkyl halides is 1. The van der Waals surface area contributed by atoms with Crippen LogP contribution in [0.15, 0.2) is 35.9 Å². The Kier molecular flexibility index (Phi) is 7.55. The predicted octanol–water partition coefficient (Wildman–Crippen LogP) is 3.68. The molecule has 1 aromatic rings. The van der Waals surface area contributed by atoms with Gasteiger partial charge in [-0.2, -0.15) is 0 Å². The zero-order valence-electron chi connectivity index (χ0n) is 22.4. The number of allylic oxidation sites excluding steroid dienone is 2. The monoisotopic (exact) mass is 530 g/mol. The summed E-state index contributed by atoms with van der Waals surface area (Å²) in [4.78, 5) is 46.3. The van der Waals surface area contributed by atoms with Gasteiger partial charge in [-0.15, -0.1) is 0 Å². The van der Waals surface area contributed by atoms with E-state index in [0.717, 1.165) is 11.3 Å². The normalized spacial score (nSPS) is 27.7. The maximum absolute atomic E-state index is 14.1. The summed E-state index contributed by atoms with van der Waals surface area (Å²) in [7, 11) is 4.95. The van der Waals surface area contributed by atoms with E-state index < -0.39 is 23.3 Å². The zero-order valence-corrected chi connectivity index (χ0v) is 23.2. The highest BCUT2D eigenvalue weighted by Gasteiger charge is 2.39. The van der Waals surface area contributed by atoms with Gasteiger partial charge in [0.1, 0.15) is 5.67 Å². The fraction of sp³-hybridized carbons (Fsp3) is 0.536. The van der Waals surface area contributed by atoms with Crippen LogP contribution in [-0.4, -0.2) is 97.4 Å². The Hall–Kier alpha value is -2.71. The number of hydrogen-bond donors (Lipinski definition) is 0. The summed E-state index contributed by atoms with van der Waals surface area (Å²) in [6.45, 7) is 7.93. The molecule has 4 atom stereocenters. The molecule has 0 bridgehead atoms. The molecular weight excluding hydrogens is 495 g/mol. The van der Waals surface area contributed by atoms with Crippen LogP contribution in [0.5, 0.6) is 0 Å². The van der Waals surface area contributed by atoms with Crippen LogP contribution in [0.3, 0.4) is 0 Å². The van der Waals surface area contributed by atoms with Crippen molar-refractivity contribution in [2.45, 2.75) is 50.9 Å². The number of ketones is 1. The lowest BCUT2D eigenvalue weighted by Gasteiger charge is -2.44. The smallest absolute Gasteiger partial charge is 0.290 e. The van der Waals surface area contributed by atoms with E-state index in [0.29, 0.717) is 48.7 Å². The number of piperazine rings is 1. The molecule has 2 unspecified atom stereocenters. The molecular formula is C28H36ClFN4O3. The number of hydrogen-bond acceptors (Lipinski definition) is 5. The molecule has 200 valence electrons. The second kappa shape index (κ2) is 10.2. The number of nitrogens with zero attached hydrogens (tertiary/aromatic N) is 4. The molecule has 0 N–H and O–H groups in total. The van der Waals surface area contributed by atoms with Crippen molar-refractivity contribution in [2.24, 2.45) is 0 Å². The SMILES string of the molecule is C[C@@H]1CN(CC2=CCC(C)(F)C=C2)[C@@H](C)CN1C(=O)c1cc2c(cc1Cl)N(C)CC2C(=O)C(=O)N(C)C. The van der Waals surface area contributed by atoms with Crippen molar-refractivity contribution in [3.05, 3.63) is 52.1 Å². The molecule has 0 radical (unpaired) electrons. The minimum atomic E-state index is -1.29. The summed E-state index contributed by atoms with van der Waals surface area (Å²) in [5, 5.41) is 0.330. The van der Waals surface area contributed by atoms with Crippen LogP contribution in [0.2, 0.25) is 5.02 Å². The summed E-state index contributed by atoms with van der Waals surface area (Å²) in [5.41, 5.74) is 1.56. The molecule has 37 heavy (non-hydrogen) atoms. The highest BCUT2D eigenvalue weighted by molar-refractivity contribution is 6.39. The Morgan fingerprint density at radius 2 is 1.84 bits per heavy atom. The maximum Gasteiger partial charge on any atom is 0.290 e. The summed E-state index contributed by atoms with van der Waals surface area (Å²) < 4.78 is 14.1. The number of carbonyl (C=O) groups excluding carboxylic acids is 3. The molecule has 3 aliphatic rings. The van der Waals surface area contributed by atoms with Gasteiger partial charge in [-0.1, -0.05) is 23.8 Å². The van der Waals surface area contributed by atoms with E-state index in [1.165, 1.54) is 4.90 Å². The molecule has 0 saturated carbocycles. The van der Waals surface area contributed by atoms with E-state index in [1.54, 1.807) is 39.2 Å². The second-order valence-corrected chi connectivity index (χ2v) is 11.5. The Labute approximate surface area is 223 Å².